The fourth-order valence-corrected chi connectivity index (χ4v) is 3.97. The molecule has 0 unspecified atom stereocenters. The Labute approximate surface area is 159 Å². The summed E-state index contributed by atoms with van der Waals surface area (Å²) in [5, 5.41) is 13.6. The summed E-state index contributed by atoms with van der Waals surface area (Å²) in [4.78, 5) is 17.0. The van der Waals surface area contributed by atoms with Crippen LogP contribution in [0.25, 0.3) is 0 Å². The number of likely N-dealkylation sites (tertiary alicyclic amines) is 1. The molecule has 7 nitrogen and oxygen atoms in total. The van der Waals surface area contributed by atoms with Crippen LogP contribution in [0.15, 0.2) is 36.5 Å². The number of benzene rings is 1. The molecule has 0 saturated carbocycles. The lowest BCUT2D eigenvalue weighted by Crippen LogP contribution is -2.46. The molecule has 1 atom stereocenters. The molecule has 27 heavy (non-hydrogen) atoms. The minimum atomic E-state index is 0.0907. The van der Waals surface area contributed by atoms with Gasteiger partial charge in [-0.05, 0) is 37.6 Å². The molecule has 0 radical (unpaired) electrons. The fraction of sp³-hybridized carbons (Fsp3) is 0.500. The van der Waals surface area contributed by atoms with Crippen LogP contribution in [0.3, 0.4) is 0 Å². The molecule has 1 amide bonds. The van der Waals surface area contributed by atoms with Gasteiger partial charge in [-0.2, -0.15) is 5.10 Å². The Balaban J connectivity index is 1.40. The summed E-state index contributed by atoms with van der Waals surface area (Å²) < 4.78 is 7.44. The minimum absolute atomic E-state index is 0.0907. The first kappa shape index (κ1) is 18.0. The third kappa shape index (κ3) is 3.99. The van der Waals surface area contributed by atoms with Crippen molar-refractivity contribution < 1.29 is 14.6 Å². The Kier molecular flexibility index (Phi) is 5.40. The van der Waals surface area contributed by atoms with Gasteiger partial charge in [0.25, 0.3) is 0 Å². The van der Waals surface area contributed by atoms with Gasteiger partial charge in [0.05, 0.1) is 37.6 Å². The minimum Gasteiger partial charge on any atom is -0.490 e. The molecule has 0 spiro atoms. The number of rotatable bonds is 5. The van der Waals surface area contributed by atoms with E-state index in [0.29, 0.717) is 32.2 Å². The molecule has 2 aliphatic rings. The molecule has 0 bridgehead atoms. The quantitative estimate of drug-likeness (QED) is 0.863. The first-order valence-electron chi connectivity index (χ1n) is 9.63. The van der Waals surface area contributed by atoms with Crippen molar-refractivity contribution in [1.82, 2.24) is 14.7 Å². The van der Waals surface area contributed by atoms with Gasteiger partial charge in [-0.1, -0.05) is 12.1 Å². The Hall–Kier alpha value is -2.38. The maximum absolute atomic E-state index is 12.9. The molecule has 1 saturated heterocycles. The predicted octanol–water partition coefficient (Wildman–Crippen LogP) is 1.48. The number of aliphatic hydroxyl groups is 1. The number of aliphatic hydroxyl groups excluding tert-OH is 1. The van der Waals surface area contributed by atoms with E-state index in [1.807, 2.05) is 41.4 Å². The summed E-state index contributed by atoms with van der Waals surface area (Å²) in [7, 11) is 0. The maximum atomic E-state index is 12.9. The molecule has 1 fully saturated rings. The van der Waals surface area contributed by atoms with E-state index >= 15 is 0 Å². The van der Waals surface area contributed by atoms with Gasteiger partial charge in [0.1, 0.15) is 12.4 Å². The van der Waals surface area contributed by atoms with Crippen molar-refractivity contribution >= 4 is 11.6 Å². The van der Waals surface area contributed by atoms with Gasteiger partial charge < -0.3 is 14.7 Å². The van der Waals surface area contributed by atoms with Crippen LogP contribution in [-0.4, -0.2) is 65.1 Å². The third-order valence-electron chi connectivity index (χ3n) is 5.30. The number of hydrogen-bond donors (Lipinski definition) is 1. The zero-order valence-electron chi connectivity index (χ0n) is 15.5. The van der Waals surface area contributed by atoms with Crippen molar-refractivity contribution in [3.63, 3.8) is 0 Å². The molecular formula is C20H26N4O3. The molecule has 1 N–H and O–H groups in total. The Morgan fingerprint density at radius 3 is 3.04 bits per heavy atom. The topological polar surface area (TPSA) is 70.8 Å². The van der Waals surface area contributed by atoms with E-state index in [2.05, 4.69) is 10.00 Å². The van der Waals surface area contributed by atoms with Crippen molar-refractivity contribution in [2.24, 2.45) is 0 Å². The van der Waals surface area contributed by atoms with Gasteiger partial charge >= 0.3 is 0 Å². The number of ether oxygens (including phenoxy) is 1. The summed E-state index contributed by atoms with van der Waals surface area (Å²) in [6.45, 7) is 3.94. The van der Waals surface area contributed by atoms with Crippen molar-refractivity contribution in [3.05, 3.63) is 42.2 Å². The summed E-state index contributed by atoms with van der Waals surface area (Å²) in [6.07, 6.45) is 4.06. The Bertz CT molecular complexity index is 791. The van der Waals surface area contributed by atoms with Crippen molar-refractivity contribution in [3.8, 4) is 5.75 Å². The highest BCUT2D eigenvalue weighted by Gasteiger charge is 2.28. The highest BCUT2D eigenvalue weighted by Crippen LogP contribution is 2.31. The third-order valence-corrected chi connectivity index (χ3v) is 5.30. The van der Waals surface area contributed by atoms with E-state index in [-0.39, 0.29) is 12.5 Å². The molecule has 3 heterocycles. The Morgan fingerprint density at radius 2 is 2.15 bits per heavy atom. The van der Waals surface area contributed by atoms with E-state index in [1.54, 1.807) is 4.68 Å². The summed E-state index contributed by atoms with van der Waals surface area (Å²) in [5.41, 5.74) is 1.92. The molecule has 2 aliphatic heterocycles. The van der Waals surface area contributed by atoms with Crippen LogP contribution in [0.4, 0.5) is 5.69 Å². The van der Waals surface area contributed by atoms with E-state index < -0.39 is 0 Å². The zero-order chi connectivity index (χ0) is 18.6. The van der Waals surface area contributed by atoms with Gasteiger partial charge in [-0.25, -0.2) is 0 Å². The van der Waals surface area contributed by atoms with Gasteiger partial charge in [0, 0.05) is 18.7 Å². The van der Waals surface area contributed by atoms with Crippen LogP contribution in [-0.2, 0) is 11.3 Å². The molecule has 0 aliphatic carbocycles. The number of aromatic nitrogens is 2. The average Bonchev–Trinajstić information content (AvgIpc) is 3.17. The molecule has 7 heteroatoms. The second-order valence-corrected chi connectivity index (χ2v) is 7.16. The number of amides is 1. The summed E-state index contributed by atoms with van der Waals surface area (Å²) in [6, 6.07) is 9.75. The predicted molar refractivity (Wildman–Crippen MR) is 102 cm³/mol. The first-order valence-corrected chi connectivity index (χ1v) is 9.63. The van der Waals surface area contributed by atoms with Crippen molar-refractivity contribution in [2.45, 2.75) is 25.3 Å². The maximum Gasteiger partial charge on any atom is 0.241 e. The molecule has 4 rings (SSSR count). The van der Waals surface area contributed by atoms with Crippen molar-refractivity contribution in [1.29, 1.82) is 0 Å². The largest absolute Gasteiger partial charge is 0.490 e. The van der Waals surface area contributed by atoms with Crippen LogP contribution >= 0.6 is 0 Å². The van der Waals surface area contributed by atoms with Crippen LogP contribution in [0.5, 0.6) is 5.75 Å². The number of fused-ring (bicyclic) bond motifs is 1. The number of carbonyl (C=O) groups excluding carboxylic acids is 1. The van der Waals surface area contributed by atoms with Gasteiger partial charge in [-0.3, -0.25) is 14.4 Å². The van der Waals surface area contributed by atoms with Crippen LogP contribution < -0.4 is 9.64 Å². The SMILES string of the molecule is O=C(CN1CCC[C@@H](c2ccn(CCO)n2)C1)N1CCOc2ccccc21. The smallest absolute Gasteiger partial charge is 0.241 e. The van der Waals surface area contributed by atoms with E-state index in [1.165, 1.54) is 0 Å². The van der Waals surface area contributed by atoms with Crippen LogP contribution in [0.1, 0.15) is 24.5 Å². The molecular weight excluding hydrogens is 344 g/mol. The van der Waals surface area contributed by atoms with Gasteiger partial charge in [0.2, 0.25) is 5.91 Å². The first-order chi connectivity index (χ1) is 13.2. The van der Waals surface area contributed by atoms with Crippen molar-refractivity contribution in [2.75, 3.05) is 44.3 Å². The lowest BCUT2D eigenvalue weighted by atomic mass is 9.95. The van der Waals surface area contributed by atoms with Crippen LogP contribution in [0, 0.1) is 0 Å². The highest BCUT2D eigenvalue weighted by molar-refractivity contribution is 5.96. The van der Waals surface area contributed by atoms with Gasteiger partial charge in [0.15, 0.2) is 0 Å². The second kappa shape index (κ2) is 8.10. The monoisotopic (exact) mass is 370 g/mol. The normalized spacial score (nSPS) is 20.2. The van der Waals surface area contributed by atoms with E-state index in [0.717, 1.165) is 43.1 Å². The number of carbonyl (C=O) groups is 1. The number of piperidine rings is 1. The lowest BCUT2D eigenvalue weighted by Gasteiger charge is -2.34. The van der Waals surface area contributed by atoms with Crippen LogP contribution in [0.2, 0.25) is 0 Å². The molecule has 2 aromatic rings. The number of para-hydroxylation sites is 2. The zero-order valence-corrected chi connectivity index (χ0v) is 15.5. The fourth-order valence-electron chi connectivity index (χ4n) is 3.97. The molecule has 1 aromatic heterocycles. The van der Waals surface area contributed by atoms with E-state index in [9.17, 15) is 4.79 Å². The average molecular weight is 370 g/mol. The Morgan fingerprint density at radius 1 is 1.26 bits per heavy atom. The highest BCUT2D eigenvalue weighted by atomic mass is 16.5. The molecule has 1 aromatic carbocycles. The standard InChI is InChI=1S/C20H26N4O3/c25-12-10-23-9-7-17(21-23)16-4-3-8-22(14-16)15-20(26)24-11-13-27-19-6-2-1-5-18(19)24/h1-2,5-7,9,16,25H,3-4,8,10-15H2/t16-/m1/s1. The number of hydrogen-bond acceptors (Lipinski definition) is 5. The lowest BCUT2D eigenvalue weighted by molar-refractivity contribution is -0.120. The molecule has 144 valence electrons. The summed E-state index contributed by atoms with van der Waals surface area (Å²) in [5.74, 6) is 1.24. The number of anilines is 1. The number of nitrogens with zero attached hydrogens (tertiary/aromatic N) is 4. The van der Waals surface area contributed by atoms with E-state index in [4.69, 9.17) is 9.84 Å². The summed E-state index contributed by atoms with van der Waals surface area (Å²) >= 11 is 0. The van der Waals surface area contributed by atoms with Gasteiger partial charge in [-0.15, -0.1) is 0 Å². The second-order valence-electron chi connectivity index (χ2n) is 7.16.